The number of imide groups is 1. The maximum absolute atomic E-state index is 12.7. The van der Waals surface area contributed by atoms with E-state index in [4.69, 9.17) is 0 Å². The molecule has 0 unspecified atom stereocenters. The lowest BCUT2D eigenvalue weighted by molar-refractivity contribution is -0.147. The lowest BCUT2D eigenvalue weighted by Gasteiger charge is -2.29. The van der Waals surface area contributed by atoms with Crippen LogP contribution in [0.25, 0.3) is 0 Å². The van der Waals surface area contributed by atoms with Gasteiger partial charge in [-0.3, -0.25) is 19.3 Å². The minimum atomic E-state index is -0.177. The Morgan fingerprint density at radius 2 is 1.57 bits per heavy atom. The van der Waals surface area contributed by atoms with E-state index in [9.17, 15) is 14.4 Å². The van der Waals surface area contributed by atoms with Gasteiger partial charge in [-0.05, 0) is 25.7 Å². The van der Waals surface area contributed by atoms with Crippen molar-refractivity contribution in [3.05, 3.63) is 12.7 Å². The molecule has 3 aliphatic rings. The Morgan fingerprint density at radius 3 is 2.09 bits per heavy atom. The Kier molecular flexibility index (Phi) is 4.83. The summed E-state index contributed by atoms with van der Waals surface area (Å²) < 4.78 is 0. The molecule has 3 rings (SSSR count). The van der Waals surface area contributed by atoms with E-state index >= 15 is 0 Å². The van der Waals surface area contributed by atoms with Gasteiger partial charge in [0.1, 0.15) is 6.54 Å². The molecule has 0 spiro atoms. The highest BCUT2D eigenvalue weighted by Crippen LogP contribution is 2.38. The first-order chi connectivity index (χ1) is 11.1. The zero-order valence-corrected chi connectivity index (χ0v) is 13.7. The zero-order chi connectivity index (χ0) is 16.4. The van der Waals surface area contributed by atoms with Crippen molar-refractivity contribution in [3.63, 3.8) is 0 Å². The quantitative estimate of drug-likeness (QED) is 0.576. The fourth-order valence-electron chi connectivity index (χ4n) is 4.42. The molecule has 2 atom stereocenters. The molecule has 0 N–H and O–H groups in total. The van der Waals surface area contributed by atoms with Crippen LogP contribution in [0.15, 0.2) is 12.7 Å². The predicted molar refractivity (Wildman–Crippen MR) is 86.3 cm³/mol. The second-order valence-electron chi connectivity index (χ2n) is 7.03. The Bertz CT molecular complexity index is 486. The second-order valence-corrected chi connectivity index (χ2v) is 7.03. The third kappa shape index (κ3) is 3.06. The lowest BCUT2D eigenvalue weighted by atomic mass is 9.81. The fourth-order valence-corrected chi connectivity index (χ4v) is 4.42. The molecular formula is C18H26N2O3. The van der Waals surface area contributed by atoms with Gasteiger partial charge in [0.15, 0.2) is 0 Å². The van der Waals surface area contributed by atoms with E-state index in [1.807, 2.05) is 4.90 Å². The van der Waals surface area contributed by atoms with Gasteiger partial charge in [0.05, 0.1) is 11.8 Å². The molecule has 126 valence electrons. The zero-order valence-electron chi connectivity index (χ0n) is 13.7. The molecule has 2 saturated carbocycles. The molecule has 3 amide bonds. The summed E-state index contributed by atoms with van der Waals surface area (Å²) in [5.74, 6) is -0.722. The van der Waals surface area contributed by atoms with E-state index in [1.54, 1.807) is 6.08 Å². The molecule has 3 fully saturated rings. The summed E-state index contributed by atoms with van der Waals surface area (Å²) in [5.41, 5.74) is 0. The third-order valence-corrected chi connectivity index (χ3v) is 5.64. The van der Waals surface area contributed by atoms with Crippen molar-refractivity contribution in [2.75, 3.05) is 13.1 Å². The molecule has 0 radical (unpaired) electrons. The summed E-state index contributed by atoms with van der Waals surface area (Å²) in [6.07, 6.45) is 9.61. The predicted octanol–water partition coefficient (Wildman–Crippen LogP) is 2.12. The standard InChI is InChI=1S/C18H26N2O3/c1-2-11-19(13-7-3-4-8-13)16(21)12-20-17(22)14-9-5-6-10-15(14)18(20)23/h2,13-15H,1,3-12H2/t14-,15-/m0/s1. The molecule has 1 saturated heterocycles. The van der Waals surface area contributed by atoms with Gasteiger partial charge in [0, 0.05) is 12.6 Å². The van der Waals surface area contributed by atoms with Crippen molar-refractivity contribution in [1.29, 1.82) is 0 Å². The van der Waals surface area contributed by atoms with E-state index in [0.29, 0.717) is 6.54 Å². The van der Waals surface area contributed by atoms with Crippen LogP contribution in [-0.2, 0) is 14.4 Å². The molecule has 2 aliphatic carbocycles. The van der Waals surface area contributed by atoms with Crippen molar-refractivity contribution in [2.45, 2.75) is 57.4 Å². The molecule has 23 heavy (non-hydrogen) atoms. The van der Waals surface area contributed by atoms with Crippen molar-refractivity contribution < 1.29 is 14.4 Å². The topological polar surface area (TPSA) is 57.7 Å². The summed E-state index contributed by atoms with van der Waals surface area (Å²) in [7, 11) is 0. The van der Waals surface area contributed by atoms with Gasteiger partial charge in [0.2, 0.25) is 17.7 Å². The number of amides is 3. The first-order valence-corrected chi connectivity index (χ1v) is 8.89. The number of rotatable bonds is 5. The van der Waals surface area contributed by atoms with Crippen LogP contribution in [0.3, 0.4) is 0 Å². The van der Waals surface area contributed by atoms with Crippen LogP contribution in [0.2, 0.25) is 0 Å². The molecule has 0 aromatic heterocycles. The van der Waals surface area contributed by atoms with Crippen LogP contribution < -0.4 is 0 Å². The smallest absolute Gasteiger partial charge is 0.243 e. The first-order valence-electron chi connectivity index (χ1n) is 8.89. The Hall–Kier alpha value is -1.65. The van der Waals surface area contributed by atoms with Crippen LogP contribution in [0.1, 0.15) is 51.4 Å². The number of likely N-dealkylation sites (tertiary alicyclic amines) is 1. The van der Waals surface area contributed by atoms with Crippen molar-refractivity contribution in [1.82, 2.24) is 9.80 Å². The van der Waals surface area contributed by atoms with E-state index in [0.717, 1.165) is 51.4 Å². The van der Waals surface area contributed by atoms with Gasteiger partial charge in [0.25, 0.3) is 0 Å². The van der Waals surface area contributed by atoms with Crippen LogP contribution in [-0.4, -0.2) is 46.7 Å². The molecule has 1 aliphatic heterocycles. The second kappa shape index (κ2) is 6.85. The van der Waals surface area contributed by atoms with Crippen LogP contribution in [0, 0.1) is 11.8 Å². The summed E-state index contributed by atoms with van der Waals surface area (Å²) in [5, 5.41) is 0. The van der Waals surface area contributed by atoms with Gasteiger partial charge in [-0.15, -0.1) is 6.58 Å². The average Bonchev–Trinajstić information content (AvgIpc) is 3.16. The monoisotopic (exact) mass is 318 g/mol. The van der Waals surface area contributed by atoms with Crippen LogP contribution >= 0.6 is 0 Å². The normalized spacial score (nSPS) is 28.1. The fraction of sp³-hybridized carbons (Fsp3) is 0.722. The average molecular weight is 318 g/mol. The molecule has 0 aromatic rings. The maximum Gasteiger partial charge on any atom is 0.243 e. The number of hydrogen-bond donors (Lipinski definition) is 0. The highest BCUT2D eigenvalue weighted by molar-refractivity contribution is 6.07. The van der Waals surface area contributed by atoms with Gasteiger partial charge in [-0.25, -0.2) is 0 Å². The third-order valence-electron chi connectivity index (χ3n) is 5.64. The summed E-state index contributed by atoms with van der Waals surface area (Å²) in [6.45, 7) is 4.14. The van der Waals surface area contributed by atoms with Crippen LogP contribution in [0.5, 0.6) is 0 Å². The van der Waals surface area contributed by atoms with Crippen molar-refractivity contribution in [2.24, 2.45) is 11.8 Å². The SMILES string of the molecule is C=CCN(C(=O)CN1C(=O)[C@H]2CCCC[C@@H]2C1=O)C1CCCC1. The number of carbonyl (C=O) groups is 3. The molecule has 0 bridgehead atoms. The number of carbonyl (C=O) groups excluding carboxylic acids is 3. The van der Waals surface area contributed by atoms with Gasteiger partial charge in [-0.2, -0.15) is 0 Å². The highest BCUT2D eigenvalue weighted by atomic mass is 16.2. The Morgan fingerprint density at radius 1 is 1.04 bits per heavy atom. The lowest BCUT2D eigenvalue weighted by Crippen LogP contribution is -2.46. The molecule has 1 heterocycles. The summed E-state index contributed by atoms with van der Waals surface area (Å²) >= 11 is 0. The molecule has 5 heteroatoms. The van der Waals surface area contributed by atoms with E-state index in [1.165, 1.54) is 4.90 Å². The van der Waals surface area contributed by atoms with Gasteiger partial charge in [-0.1, -0.05) is 31.8 Å². The number of nitrogens with zero attached hydrogens (tertiary/aromatic N) is 2. The summed E-state index contributed by atoms with van der Waals surface area (Å²) in [4.78, 5) is 40.7. The van der Waals surface area contributed by atoms with Gasteiger partial charge < -0.3 is 4.90 Å². The van der Waals surface area contributed by atoms with Gasteiger partial charge >= 0.3 is 0 Å². The van der Waals surface area contributed by atoms with E-state index in [2.05, 4.69) is 6.58 Å². The largest absolute Gasteiger partial charge is 0.334 e. The number of hydrogen-bond acceptors (Lipinski definition) is 3. The minimum absolute atomic E-state index is 0.0883. The molecular weight excluding hydrogens is 292 g/mol. The Balaban J connectivity index is 1.69. The Labute approximate surface area is 137 Å². The van der Waals surface area contributed by atoms with E-state index < -0.39 is 0 Å². The van der Waals surface area contributed by atoms with Crippen molar-refractivity contribution >= 4 is 17.7 Å². The maximum atomic E-state index is 12.7. The number of fused-ring (bicyclic) bond motifs is 1. The first kappa shape index (κ1) is 16.2. The molecule has 0 aromatic carbocycles. The minimum Gasteiger partial charge on any atom is -0.334 e. The molecule has 5 nitrogen and oxygen atoms in total. The highest BCUT2D eigenvalue weighted by Gasteiger charge is 2.48. The van der Waals surface area contributed by atoms with Crippen molar-refractivity contribution in [3.8, 4) is 0 Å². The van der Waals surface area contributed by atoms with E-state index in [-0.39, 0.29) is 42.1 Å². The van der Waals surface area contributed by atoms with Crippen LogP contribution in [0.4, 0.5) is 0 Å². The summed E-state index contributed by atoms with van der Waals surface area (Å²) in [6, 6.07) is 0.232.